The molecule has 0 atom stereocenters. The molecule has 3 aromatic heterocycles. The fourth-order valence-electron chi connectivity index (χ4n) is 3.45. The normalized spacial score (nSPS) is 14.2. The van der Waals surface area contributed by atoms with Gasteiger partial charge in [-0.2, -0.15) is 0 Å². The number of hydrogen-bond acceptors (Lipinski definition) is 5. The van der Waals surface area contributed by atoms with Crippen molar-refractivity contribution in [2.75, 3.05) is 5.73 Å². The molecule has 0 spiro atoms. The van der Waals surface area contributed by atoms with E-state index >= 15 is 0 Å². The number of nitrogen functional groups attached to an aromatic ring is 1. The molecule has 0 aliphatic heterocycles. The standard InChI is InChI=1S/C14H9F2N5S.C6H12/c15-8-4-7(10(16)12-11(8)20-14(17)22-12)5-21-6-19-9-2-1-3-18-13(9)21;1-2-4-6-5-3-1/h1-4,6H,5H2,(H2,17,20);1-6H2. The number of imidazole rings is 1. The van der Waals surface area contributed by atoms with Crippen molar-refractivity contribution < 1.29 is 8.78 Å². The van der Waals surface area contributed by atoms with Gasteiger partial charge in [-0.1, -0.05) is 49.9 Å². The average Bonchev–Trinajstić information content (AvgIpc) is 3.32. The first-order valence-corrected chi connectivity index (χ1v) is 10.2. The fourth-order valence-corrected chi connectivity index (χ4v) is 4.26. The zero-order valence-corrected chi connectivity index (χ0v) is 16.2. The Bertz CT molecular complexity index is 1090. The molecule has 3 heterocycles. The highest BCUT2D eigenvalue weighted by Gasteiger charge is 2.17. The van der Waals surface area contributed by atoms with Crippen LogP contribution in [0.3, 0.4) is 0 Å². The Morgan fingerprint density at radius 3 is 2.50 bits per heavy atom. The van der Waals surface area contributed by atoms with E-state index in [1.807, 2.05) is 6.07 Å². The van der Waals surface area contributed by atoms with Gasteiger partial charge in [0, 0.05) is 11.8 Å². The number of thiazole rings is 1. The maximum Gasteiger partial charge on any atom is 0.181 e. The Hall–Kier alpha value is -2.61. The molecule has 1 aliphatic carbocycles. The molecule has 2 N–H and O–H groups in total. The van der Waals surface area contributed by atoms with E-state index in [0.717, 1.165) is 17.4 Å². The molecular formula is C20H21F2N5S. The SMILES string of the molecule is C1CCCCC1.Nc1nc2c(F)cc(Cn3cnc4cccnc43)c(F)c2s1. The van der Waals surface area contributed by atoms with Crippen LogP contribution in [-0.4, -0.2) is 19.5 Å². The summed E-state index contributed by atoms with van der Waals surface area (Å²) in [5.74, 6) is -1.10. The molecule has 0 amide bonds. The average molecular weight is 401 g/mol. The molecular weight excluding hydrogens is 380 g/mol. The van der Waals surface area contributed by atoms with Crippen molar-refractivity contribution in [2.24, 2.45) is 0 Å². The van der Waals surface area contributed by atoms with Gasteiger partial charge in [0.2, 0.25) is 0 Å². The Kier molecular flexibility index (Phi) is 5.47. The molecule has 5 rings (SSSR count). The summed E-state index contributed by atoms with van der Waals surface area (Å²) in [5, 5.41) is 0.139. The Labute approximate surface area is 165 Å². The van der Waals surface area contributed by atoms with Crippen molar-refractivity contribution in [3.63, 3.8) is 0 Å². The molecule has 4 aromatic rings. The van der Waals surface area contributed by atoms with E-state index in [1.54, 1.807) is 23.2 Å². The highest BCUT2D eigenvalue weighted by atomic mass is 32.1. The topological polar surface area (TPSA) is 69.6 Å². The molecule has 0 saturated heterocycles. The Morgan fingerprint density at radius 1 is 1.07 bits per heavy atom. The molecule has 1 aromatic carbocycles. The minimum atomic E-state index is -0.586. The molecule has 1 aliphatic rings. The number of pyridine rings is 1. The molecule has 0 radical (unpaired) electrons. The van der Waals surface area contributed by atoms with Crippen molar-refractivity contribution in [1.29, 1.82) is 0 Å². The van der Waals surface area contributed by atoms with E-state index in [4.69, 9.17) is 5.73 Å². The summed E-state index contributed by atoms with van der Waals surface area (Å²) in [5.41, 5.74) is 7.03. The number of benzene rings is 1. The second-order valence-electron chi connectivity index (χ2n) is 6.90. The van der Waals surface area contributed by atoms with Crippen LogP contribution in [0.15, 0.2) is 30.7 Å². The second-order valence-corrected chi connectivity index (χ2v) is 7.93. The predicted octanol–water partition coefficient (Wildman–Crippen LogP) is 5.29. The van der Waals surface area contributed by atoms with Crippen molar-refractivity contribution in [1.82, 2.24) is 19.5 Å². The highest BCUT2D eigenvalue weighted by Crippen LogP contribution is 2.31. The van der Waals surface area contributed by atoms with E-state index < -0.39 is 11.6 Å². The van der Waals surface area contributed by atoms with Gasteiger partial charge in [-0.15, -0.1) is 0 Å². The van der Waals surface area contributed by atoms with Gasteiger partial charge in [-0.05, 0) is 18.2 Å². The summed E-state index contributed by atoms with van der Waals surface area (Å²) in [7, 11) is 0. The lowest BCUT2D eigenvalue weighted by molar-refractivity contribution is 0.504. The van der Waals surface area contributed by atoms with Gasteiger partial charge in [0.25, 0.3) is 0 Å². The first kappa shape index (κ1) is 18.7. The molecule has 0 unspecified atom stereocenters. The van der Waals surface area contributed by atoms with Gasteiger partial charge < -0.3 is 10.3 Å². The van der Waals surface area contributed by atoms with Crippen LogP contribution in [0.4, 0.5) is 13.9 Å². The van der Waals surface area contributed by atoms with Crippen molar-refractivity contribution in [3.05, 3.63) is 47.9 Å². The lowest BCUT2D eigenvalue weighted by atomic mass is 10.0. The minimum Gasteiger partial charge on any atom is -0.375 e. The van der Waals surface area contributed by atoms with Crippen molar-refractivity contribution in [2.45, 2.75) is 45.1 Å². The first-order chi connectivity index (χ1) is 13.6. The number of anilines is 1. The molecule has 0 bridgehead atoms. The maximum absolute atomic E-state index is 14.5. The predicted molar refractivity (Wildman–Crippen MR) is 108 cm³/mol. The van der Waals surface area contributed by atoms with Crippen LogP contribution in [0, 0.1) is 11.6 Å². The monoisotopic (exact) mass is 401 g/mol. The number of halogens is 2. The van der Waals surface area contributed by atoms with Gasteiger partial charge in [0.15, 0.2) is 16.6 Å². The van der Waals surface area contributed by atoms with Crippen LogP contribution in [0.25, 0.3) is 21.4 Å². The summed E-state index contributed by atoms with van der Waals surface area (Å²) < 4.78 is 30.4. The zero-order valence-electron chi connectivity index (χ0n) is 15.4. The van der Waals surface area contributed by atoms with E-state index in [-0.39, 0.29) is 27.5 Å². The third kappa shape index (κ3) is 3.82. The molecule has 5 nitrogen and oxygen atoms in total. The van der Waals surface area contributed by atoms with Crippen molar-refractivity contribution in [3.8, 4) is 0 Å². The van der Waals surface area contributed by atoms with Crippen LogP contribution in [-0.2, 0) is 6.54 Å². The Balaban J connectivity index is 0.000000275. The van der Waals surface area contributed by atoms with Crippen LogP contribution >= 0.6 is 11.3 Å². The minimum absolute atomic E-state index is 0.0302. The van der Waals surface area contributed by atoms with Gasteiger partial charge in [0.1, 0.15) is 16.9 Å². The maximum atomic E-state index is 14.5. The number of hydrogen-bond donors (Lipinski definition) is 1. The number of rotatable bonds is 2. The molecule has 8 heteroatoms. The lowest BCUT2D eigenvalue weighted by Crippen LogP contribution is -2.02. The molecule has 1 fully saturated rings. The third-order valence-corrected chi connectivity index (χ3v) is 5.74. The summed E-state index contributed by atoms with van der Waals surface area (Å²) >= 11 is 0.934. The second kappa shape index (κ2) is 8.18. The smallest absolute Gasteiger partial charge is 0.181 e. The molecule has 146 valence electrons. The van der Waals surface area contributed by atoms with Gasteiger partial charge in [-0.25, -0.2) is 23.7 Å². The van der Waals surface area contributed by atoms with Gasteiger partial charge in [-0.3, -0.25) is 0 Å². The van der Waals surface area contributed by atoms with Gasteiger partial charge in [0.05, 0.1) is 17.6 Å². The van der Waals surface area contributed by atoms with E-state index in [2.05, 4.69) is 15.0 Å². The van der Waals surface area contributed by atoms with Gasteiger partial charge >= 0.3 is 0 Å². The summed E-state index contributed by atoms with van der Waals surface area (Å²) in [6.07, 6.45) is 12.2. The number of aromatic nitrogens is 4. The van der Waals surface area contributed by atoms with E-state index in [1.165, 1.54) is 38.5 Å². The van der Waals surface area contributed by atoms with Crippen LogP contribution in [0.5, 0.6) is 0 Å². The zero-order chi connectivity index (χ0) is 19.5. The first-order valence-electron chi connectivity index (χ1n) is 9.42. The quantitative estimate of drug-likeness (QED) is 0.495. The third-order valence-electron chi connectivity index (χ3n) is 4.87. The van der Waals surface area contributed by atoms with Crippen LogP contribution in [0.1, 0.15) is 44.1 Å². The summed E-state index contributed by atoms with van der Waals surface area (Å²) in [4.78, 5) is 12.2. The highest BCUT2D eigenvalue weighted by molar-refractivity contribution is 7.22. The van der Waals surface area contributed by atoms with E-state index in [9.17, 15) is 8.78 Å². The number of nitrogens with two attached hydrogens (primary N) is 1. The van der Waals surface area contributed by atoms with Crippen LogP contribution < -0.4 is 5.73 Å². The lowest BCUT2D eigenvalue weighted by Gasteiger charge is -2.06. The fraction of sp³-hybridized carbons (Fsp3) is 0.350. The largest absolute Gasteiger partial charge is 0.375 e. The van der Waals surface area contributed by atoms with Crippen LogP contribution in [0.2, 0.25) is 0 Å². The number of fused-ring (bicyclic) bond motifs is 2. The molecule has 1 saturated carbocycles. The summed E-state index contributed by atoms with van der Waals surface area (Å²) in [6.45, 7) is 0.129. The van der Waals surface area contributed by atoms with E-state index in [0.29, 0.717) is 11.2 Å². The molecule has 28 heavy (non-hydrogen) atoms. The summed E-state index contributed by atoms with van der Waals surface area (Å²) in [6, 6.07) is 4.72. The Morgan fingerprint density at radius 2 is 1.79 bits per heavy atom. The number of nitrogens with zero attached hydrogens (tertiary/aromatic N) is 4. The van der Waals surface area contributed by atoms with Crippen molar-refractivity contribution >= 4 is 37.8 Å².